The van der Waals surface area contributed by atoms with E-state index in [4.69, 9.17) is 15.2 Å². The van der Waals surface area contributed by atoms with Crippen molar-refractivity contribution < 1.29 is 34.7 Å². The van der Waals surface area contributed by atoms with E-state index < -0.39 is 88.9 Å². The molecule has 7 rings (SSSR count). The normalized spacial score (nSPS) is 12.4. The van der Waals surface area contributed by atoms with Crippen LogP contribution in [0.5, 0.6) is 28.7 Å². The van der Waals surface area contributed by atoms with E-state index in [-0.39, 0.29) is 56.8 Å². The van der Waals surface area contributed by atoms with Gasteiger partial charge in [0.15, 0.2) is 28.3 Å². The van der Waals surface area contributed by atoms with Crippen molar-refractivity contribution in [3.63, 3.8) is 0 Å². The highest BCUT2D eigenvalue weighted by atomic mass is 16.5. The summed E-state index contributed by atoms with van der Waals surface area (Å²) < 4.78 is 13.4. The molecule has 16 heteroatoms. The zero-order chi connectivity index (χ0) is 37.0. The van der Waals surface area contributed by atoms with Gasteiger partial charge in [0, 0.05) is 58.4 Å². The van der Waals surface area contributed by atoms with Crippen LogP contribution in [0.25, 0.3) is 53.9 Å². The molecule has 0 amide bonds. The molecule has 7 aromatic rings. The first-order valence-corrected chi connectivity index (χ1v) is 15.1. The lowest BCUT2D eigenvalue weighted by Crippen LogP contribution is -2.36. The minimum Gasteiger partial charge on any atom is -0.508 e. The molecule has 1 atom stereocenters. The third kappa shape index (κ3) is 4.35. The van der Waals surface area contributed by atoms with Gasteiger partial charge in [0.2, 0.25) is 10.9 Å². The number of ether oxygens (including phenoxy) is 2. The van der Waals surface area contributed by atoms with E-state index >= 15 is 0 Å². The van der Waals surface area contributed by atoms with Gasteiger partial charge in [-0.25, -0.2) is 9.78 Å². The number of aromatic hydroxyl groups is 3. The minimum absolute atomic E-state index is 0.0346. The van der Waals surface area contributed by atoms with Crippen molar-refractivity contribution in [2.45, 2.75) is 19.4 Å². The number of pyridine rings is 1. The third-order valence-electron chi connectivity index (χ3n) is 9.26. The van der Waals surface area contributed by atoms with Crippen LogP contribution < -0.4 is 42.5 Å². The molecule has 2 heterocycles. The minimum atomic E-state index is -1.59. The maximum absolute atomic E-state index is 14.6. The van der Waals surface area contributed by atoms with Crippen LogP contribution >= 0.6 is 0 Å². The Kier molecular flexibility index (Phi) is 7.04. The molecule has 0 fully saturated rings. The number of imidazole rings is 1. The molecule has 16 nitrogen and oxygen atoms in total. The summed E-state index contributed by atoms with van der Waals surface area (Å²) in [5, 5.41) is 38.1. The molecule has 0 saturated carbocycles. The number of hydrogen-bond acceptors (Lipinski definition) is 13. The van der Waals surface area contributed by atoms with E-state index in [2.05, 4.69) is 4.98 Å². The molecule has 0 aliphatic carbocycles. The van der Waals surface area contributed by atoms with Gasteiger partial charge in [-0.15, -0.1) is 0 Å². The summed E-state index contributed by atoms with van der Waals surface area (Å²) in [6.07, 6.45) is 1.18. The molecular formula is C35H26N4O12. The van der Waals surface area contributed by atoms with Gasteiger partial charge in [-0.1, -0.05) is 0 Å². The number of aryl methyl sites for hydroxylation is 2. The highest BCUT2D eigenvalue weighted by Crippen LogP contribution is 2.47. The number of rotatable bonds is 6. The molecule has 0 aliphatic rings. The fourth-order valence-electron chi connectivity index (χ4n) is 7.04. The van der Waals surface area contributed by atoms with Crippen LogP contribution in [-0.2, 0) is 18.3 Å². The zero-order valence-electron chi connectivity index (χ0n) is 27.1. The predicted octanol–water partition coefficient (Wildman–Crippen LogP) is 1.56. The summed E-state index contributed by atoms with van der Waals surface area (Å²) in [4.78, 5) is 87.3. The molecule has 0 radical (unpaired) electrons. The van der Waals surface area contributed by atoms with Crippen molar-refractivity contribution in [3.8, 4) is 28.7 Å². The summed E-state index contributed by atoms with van der Waals surface area (Å²) in [6.45, 7) is 1.40. The number of carboxylic acid groups (broad SMARTS) is 1. The Morgan fingerprint density at radius 3 is 2.00 bits per heavy atom. The van der Waals surface area contributed by atoms with Crippen molar-refractivity contribution >= 4 is 65.8 Å². The number of benzene rings is 5. The number of fused-ring (bicyclic) bond motifs is 6. The molecule has 6 N–H and O–H groups in total. The van der Waals surface area contributed by atoms with Crippen LogP contribution in [0.2, 0.25) is 0 Å². The molecule has 0 saturated heterocycles. The van der Waals surface area contributed by atoms with Gasteiger partial charge in [-0.3, -0.25) is 28.5 Å². The largest absolute Gasteiger partial charge is 0.508 e. The molecular weight excluding hydrogens is 668 g/mol. The second-order valence-corrected chi connectivity index (χ2v) is 12.1. The molecule has 0 spiro atoms. The number of phenols is 3. The van der Waals surface area contributed by atoms with E-state index in [9.17, 15) is 49.2 Å². The standard InChI is InChI=1S/C35H26N4O12/c1-11-5-15-24(33(47)39(11)18(34(48)49)6-12-10-38(2)35(36)37-12)29(45)21-14-9-17-22(28(44)20-16(26(17)42)7-13(40)8-19(20)41)30(46)23(14)31(50-3)32(51-4)25(21)27(15)43/h5,7-10,18,40-41,46H,6H2,1-4H3,(H2,36,37)(H,48,49). The number of nitrogen functional groups attached to an aromatic ring is 1. The van der Waals surface area contributed by atoms with Crippen molar-refractivity contribution in [1.29, 1.82) is 0 Å². The first kappa shape index (κ1) is 32.6. The van der Waals surface area contributed by atoms with Gasteiger partial charge in [-0.2, -0.15) is 0 Å². The highest BCUT2D eigenvalue weighted by Gasteiger charge is 2.31. The maximum Gasteiger partial charge on any atom is 0.327 e. The summed E-state index contributed by atoms with van der Waals surface area (Å²) >= 11 is 0. The smallest absolute Gasteiger partial charge is 0.327 e. The van der Waals surface area contributed by atoms with E-state index in [1.54, 1.807) is 7.05 Å². The second kappa shape index (κ2) is 11.0. The quantitative estimate of drug-likeness (QED) is 0.122. The highest BCUT2D eigenvalue weighted by molar-refractivity contribution is 6.23. The molecule has 51 heavy (non-hydrogen) atoms. The van der Waals surface area contributed by atoms with Gasteiger partial charge in [0.25, 0.3) is 5.56 Å². The lowest BCUT2D eigenvalue weighted by molar-refractivity contribution is -0.141. The molecule has 258 valence electrons. The average molecular weight is 695 g/mol. The van der Waals surface area contributed by atoms with Gasteiger partial charge in [0.1, 0.15) is 23.3 Å². The van der Waals surface area contributed by atoms with Crippen molar-refractivity contribution in [2.75, 3.05) is 20.0 Å². The number of anilines is 1. The van der Waals surface area contributed by atoms with E-state index in [0.717, 1.165) is 29.9 Å². The number of aromatic nitrogens is 3. The van der Waals surface area contributed by atoms with E-state index in [1.165, 1.54) is 30.9 Å². The van der Waals surface area contributed by atoms with Crippen LogP contribution in [0.15, 0.2) is 54.4 Å². The first-order valence-electron chi connectivity index (χ1n) is 15.1. The van der Waals surface area contributed by atoms with Crippen LogP contribution in [0.1, 0.15) is 17.4 Å². The maximum atomic E-state index is 14.6. The lowest BCUT2D eigenvalue weighted by atomic mass is 9.91. The molecule has 0 bridgehead atoms. The van der Waals surface area contributed by atoms with Crippen molar-refractivity contribution in [3.05, 3.63) is 93.1 Å². The molecule has 2 aromatic heterocycles. The van der Waals surface area contributed by atoms with Gasteiger partial charge in [-0.05, 0) is 25.1 Å². The summed E-state index contributed by atoms with van der Waals surface area (Å²) in [6, 6.07) is 2.50. The topological polar surface area (TPSA) is 251 Å². The van der Waals surface area contributed by atoms with Crippen LogP contribution in [-0.4, -0.2) is 54.7 Å². The average Bonchev–Trinajstić information content (AvgIpc) is 3.39. The summed E-state index contributed by atoms with van der Waals surface area (Å²) in [7, 11) is 3.93. The number of carbonyl (C=O) groups is 1. The Balaban J connectivity index is 1.70. The fraction of sp³-hybridized carbons (Fsp3) is 0.171. The number of hydrogen-bond donors (Lipinski definition) is 5. The summed E-state index contributed by atoms with van der Waals surface area (Å²) in [5.41, 5.74) is 1.12. The van der Waals surface area contributed by atoms with Crippen molar-refractivity contribution in [1.82, 2.24) is 14.1 Å². The number of methoxy groups -OCH3 is 2. The number of phenolic OH excluding ortho intramolecular Hbond substituents is 3. The number of aliphatic carboxylic acids is 1. The number of nitrogens with two attached hydrogens (primary N) is 1. The Morgan fingerprint density at radius 2 is 1.39 bits per heavy atom. The summed E-state index contributed by atoms with van der Waals surface area (Å²) in [5.74, 6) is -4.07. The van der Waals surface area contributed by atoms with Crippen LogP contribution in [0.3, 0.4) is 0 Å². The molecule has 0 aliphatic heterocycles. The van der Waals surface area contributed by atoms with Crippen LogP contribution in [0, 0.1) is 6.92 Å². The third-order valence-corrected chi connectivity index (χ3v) is 9.26. The second-order valence-electron chi connectivity index (χ2n) is 12.1. The van der Waals surface area contributed by atoms with Gasteiger partial charge in [0.05, 0.1) is 46.8 Å². The molecule has 1 unspecified atom stereocenters. The zero-order valence-corrected chi connectivity index (χ0v) is 27.1. The SMILES string of the molecule is COc1c(OC)c2c(=O)c3cc(C)n(C(Cc4cn(C)c(N)n4)C(=O)O)c(=O)c3c(=O)c2c2cc3c(=O)c4cc(O)cc(O)c4c(=O)c3c(O)c12. The monoisotopic (exact) mass is 694 g/mol. The lowest BCUT2D eigenvalue weighted by Gasteiger charge is -2.20. The Labute approximate surface area is 282 Å². The molecule has 5 aromatic carbocycles. The van der Waals surface area contributed by atoms with E-state index in [1.807, 2.05) is 0 Å². The van der Waals surface area contributed by atoms with Crippen molar-refractivity contribution in [2.24, 2.45) is 7.05 Å². The number of carboxylic acids is 1. The fourth-order valence-corrected chi connectivity index (χ4v) is 7.04. The van der Waals surface area contributed by atoms with Gasteiger partial charge >= 0.3 is 5.97 Å². The van der Waals surface area contributed by atoms with Crippen LogP contribution in [0.4, 0.5) is 5.95 Å². The Bertz CT molecular complexity index is 3010. The predicted molar refractivity (Wildman–Crippen MR) is 187 cm³/mol. The number of nitrogens with zero attached hydrogens (tertiary/aromatic N) is 3. The Hall–Kier alpha value is -6.97. The first-order chi connectivity index (χ1) is 24.1. The van der Waals surface area contributed by atoms with Gasteiger partial charge < -0.3 is 40.2 Å². The van der Waals surface area contributed by atoms with E-state index in [0.29, 0.717) is 0 Å². The Morgan fingerprint density at radius 1 is 0.784 bits per heavy atom.